The lowest BCUT2D eigenvalue weighted by Crippen LogP contribution is -2.55. The van der Waals surface area contributed by atoms with Crippen LogP contribution in [0.25, 0.3) is 0 Å². The molecule has 23 heavy (non-hydrogen) atoms. The molecule has 7 nitrogen and oxygen atoms in total. The van der Waals surface area contributed by atoms with Gasteiger partial charge in [-0.1, -0.05) is 0 Å². The number of likely N-dealkylation sites (N-methyl/N-ethyl adjacent to an activating group) is 1. The third kappa shape index (κ3) is 2.77. The maximum Gasteiger partial charge on any atom is 0.264 e. The van der Waals surface area contributed by atoms with Crippen molar-refractivity contribution in [2.75, 3.05) is 31.6 Å². The lowest BCUT2D eigenvalue weighted by molar-refractivity contribution is -0.121. The number of carbonyl (C=O) groups excluding carboxylic acids is 2. The summed E-state index contributed by atoms with van der Waals surface area (Å²) in [6, 6.07) is 4.93. The maximum atomic E-state index is 12.6. The average Bonchev–Trinajstić information content (AvgIpc) is 2.53. The standard InChI is InChI=1S/C16H20N2O5/c1-16(22)5-6-18(8-13(16)19)15(21)10-3-4-12-11(7-10)17(2)14(20)9-23-12/h3-4,7,13,19,22H,5-6,8-9H2,1-2H3. The van der Waals surface area contributed by atoms with Gasteiger partial charge in [0.2, 0.25) is 0 Å². The van der Waals surface area contributed by atoms with Crippen molar-refractivity contribution in [3.63, 3.8) is 0 Å². The first kappa shape index (κ1) is 15.8. The van der Waals surface area contributed by atoms with E-state index in [-0.39, 0.29) is 25.0 Å². The van der Waals surface area contributed by atoms with Crippen LogP contribution in [0.2, 0.25) is 0 Å². The highest BCUT2D eigenvalue weighted by Crippen LogP contribution is 2.32. The van der Waals surface area contributed by atoms with Crippen LogP contribution >= 0.6 is 0 Å². The number of hydrogen-bond acceptors (Lipinski definition) is 5. The summed E-state index contributed by atoms with van der Waals surface area (Å²) in [6.07, 6.45) is -0.669. The Hall–Kier alpha value is -2.12. The van der Waals surface area contributed by atoms with Crippen LogP contribution in [-0.2, 0) is 4.79 Å². The molecule has 0 bridgehead atoms. The van der Waals surface area contributed by atoms with E-state index in [1.165, 1.54) is 9.80 Å². The van der Waals surface area contributed by atoms with E-state index >= 15 is 0 Å². The number of aliphatic hydroxyl groups is 2. The molecule has 2 atom stereocenters. The average molecular weight is 320 g/mol. The minimum atomic E-state index is -1.17. The van der Waals surface area contributed by atoms with Gasteiger partial charge in [-0.2, -0.15) is 0 Å². The van der Waals surface area contributed by atoms with Crippen LogP contribution in [0, 0.1) is 0 Å². The van der Waals surface area contributed by atoms with Crippen molar-refractivity contribution < 1.29 is 24.5 Å². The van der Waals surface area contributed by atoms with Gasteiger partial charge >= 0.3 is 0 Å². The van der Waals surface area contributed by atoms with Crippen LogP contribution in [0.3, 0.4) is 0 Å². The lowest BCUT2D eigenvalue weighted by Gasteiger charge is -2.40. The third-order valence-electron chi connectivity index (χ3n) is 4.58. The fourth-order valence-electron chi connectivity index (χ4n) is 2.80. The van der Waals surface area contributed by atoms with E-state index in [0.717, 1.165) is 0 Å². The number of benzene rings is 1. The summed E-state index contributed by atoms with van der Waals surface area (Å²) in [5.74, 6) is 0.144. The molecule has 2 heterocycles. The third-order valence-corrected chi connectivity index (χ3v) is 4.58. The molecule has 2 N–H and O–H groups in total. The van der Waals surface area contributed by atoms with E-state index in [9.17, 15) is 19.8 Å². The summed E-state index contributed by atoms with van der Waals surface area (Å²) < 4.78 is 5.34. The molecule has 7 heteroatoms. The van der Waals surface area contributed by atoms with E-state index < -0.39 is 11.7 Å². The van der Waals surface area contributed by atoms with Gasteiger partial charge in [-0.25, -0.2) is 0 Å². The molecule has 3 rings (SSSR count). The van der Waals surface area contributed by atoms with E-state index in [4.69, 9.17) is 4.74 Å². The molecule has 1 saturated heterocycles. The Morgan fingerprint density at radius 3 is 2.87 bits per heavy atom. The second-order valence-electron chi connectivity index (χ2n) is 6.30. The molecule has 0 saturated carbocycles. The molecule has 0 spiro atoms. The summed E-state index contributed by atoms with van der Waals surface area (Å²) in [5, 5.41) is 19.9. The maximum absolute atomic E-state index is 12.6. The predicted molar refractivity (Wildman–Crippen MR) is 82.5 cm³/mol. The van der Waals surface area contributed by atoms with Crippen LogP contribution in [0.5, 0.6) is 5.75 Å². The molecule has 0 radical (unpaired) electrons. The number of anilines is 1. The number of β-amino-alcohol motifs (C(OH)–C–C–N with tert-alkyl or cyclic N) is 1. The van der Waals surface area contributed by atoms with Gasteiger partial charge in [-0.05, 0) is 31.5 Å². The Kier molecular flexibility index (Phi) is 3.77. The van der Waals surface area contributed by atoms with E-state index in [2.05, 4.69) is 0 Å². The second kappa shape index (κ2) is 5.50. The molecule has 2 aliphatic heterocycles. The monoisotopic (exact) mass is 320 g/mol. The summed E-state index contributed by atoms with van der Waals surface area (Å²) in [7, 11) is 1.64. The zero-order valence-corrected chi connectivity index (χ0v) is 13.2. The highest BCUT2D eigenvalue weighted by atomic mass is 16.5. The van der Waals surface area contributed by atoms with E-state index in [1.54, 1.807) is 32.2 Å². The van der Waals surface area contributed by atoms with Gasteiger partial charge in [0, 0.05) is 25.7 Å². The van der Waals surface area contributed by atoms with Crippen LogP contribution in [0.4, 0.5) is 5.69 Å². The van der Waals surface area contributed by atoms with Crippen LogP contribution in [0.15, 0.2) is 18.2 Å². The van der Waals surface area contributed by atoms with Crippen molar-refractivity contribution in [1.29, 1.82) is 0 Å². The van der Waals surface area contributed by atoms with Gasteiger partial charge in [0.05, 0.1) is 17.4 Å². The molecular weight excluding hydrogens is 300 g/mol. The van der Waals surface area contributed by atoms with Crippen molar-refractivity contribution in [2.45, 2.75) is 25.0 Å². The zero-order chi connectivity index (χ0) is 16.8. The zero-order valence-electron chi connectivity index (χ0n) is 13.2. The van der Waals surface area contributed by atoms with Crippen molar-refractivity contribution in [3.05, 3.63) is 23.8 Å². The van der Waals surface area contributed by atoms with Gasteiger partial charge < -0.3 is 24.7 Å². The number of fused-ring (bicyclic) bond motifs is 1. The highest BCUT2D eigenvalue weighted by Gasteiger charge is 2.38. The Labute approximate surface area is 134 Å². The number of piperidine rings is 1. The SMILES string of the molecule is CN1C(=O)COc2ccc(C(=O)N3CCC(C)(O)C(O)C3)cc21. The molecule has 124 valence electrons. The Morgan fingerprint density at radius 1 is 1.43 bits per heavy atom. The normalized spacial score (nSPS) is 27.5. The van der Waals surface area contributed by atoms with Gasteiger partial charge in [-0.3, -0.25) is 9.59 Å². The van der Waals surface area contributed by atoms with Crippen molar-refractivity contribution in [2.24, 2.45) is 0 Å². The first-order chi connectivity index (χ1) is 10.8. The lowest BCUT2D eigenvalue weighted by atomic mass is 9.90. The Morgan fingerprint density at radius 2 is 2.17 bits per heavy atom. The Balaban J connectivity index is 1.83. The van der Waals surface area contributed by atoms with Crippen LogP contribution in [-0.4, -0.2) is 65.4 Å². The second-order valence-corrected chi connectivity index (χ2v) is 6.30. The van der Waals surface area contributed by atoms with Gasteiger partial charge in [0.25, 0.3) is 11.8 Å². The molecule has 2 aliphatic rings. The van der Waals surface area contributed by atoms with Crippen LogP contribution < -0.4 is 9.64 Å². The summed E-state index contributed by atoms with van der Waals surface area (Å²) in [4.78, 5) is 27.3. The number of amides is 2. The highest BCUT2D eigenvalue weighted by molar-refractivity contribution is 6.01. The summed E-state index contributed by atoms with van der Waals surface area (Å²) in [5.41, 5.74) is -0.202. The number of rotatable bonds is 1. The van der Waals surface area contributed by atoms with Crippen molar-refractivity contribution in [1.82, 2.24) is 4.90 Å². The molecular formula is C16H20N2O5. The van der Waals surface area contributed by atoms with E-state index in [1.807, 2.05) is 0 Å². The van der Waals surface area contributed by atoms with Crippen LogP contribution in [0.1, 0.15) is 23.7 Å². The van der Waals surface area contributed by atoms with Crippen molar-refractivity contribution >= 4 is 17.5 Å². The smallest absolute Gasteiger partial charge is 0.264 e. The topological polar surface area (TPSA) is 90.3 Å². The Bertz CT molecular complexity index is 658. The summed E-state index contributed by atoms with van der Waals surface area (Å²) in [6.45, 7) is 2.00. The largest absolute Gasteiger partial charge is 0.482 e. The minimum absolute atomic E-state index is 0.00973. The first-order valence-corrected chi connectivity index (χ1v) is 7.53. The molecule has 1 fully saturated rings. The predicted octanol–water partition coefficient (Wildman–Crippen LogP) is -0.000400. The molecule has 0 aliphatic carbocycles. The fourth-order valence-corrected chi connectivity index (χ4v) is 2.80. The first-order valence-electron chi connectivity index (χ1n) is 7.53. The molecule has 0 aromatic heterocycles. The molecule has 2 amide bonds. The number of likely N-dealkylation sites (tertiary alicyclic amines) is 1. The fraction of sp³-hybridized carbons (Fsp3) is 0.500. The molecule has 1 aromatic rings. The number of hydrogen-bond donors (Lipinski definition) is 2. The van der Waals surface area contributed by atoms with Gasteiger partial charge in [-0.15, -0.1) is 0 Å². The molecule has 1 aromatic carbocycles. The molecule has 2 unspecified atom stereocenters. The minimum Gasteiger partial charge on any atom is -0.482 e. The van der Waals surface area contributed by atoms with Gasteiger partial charge in [0.15, 0.2) is 6.61 Å². The van der Waals surface area contributed by atoms with Crippen molar-refractivity contribution in [3.8, 4) is 5.75 Å². The number of nitrogens with zero attached hydrogens (tertiary/aromatic N) is 2. The number of aliphatic hydroxyl groups excluding tert-OH is 1. The van der Waals surface area contributed by atoms with E-state index in [0.29, 0.717) is 30.0 Å². The van der Waals surface area contributed by atoms with Gasteiger partial charge in [0.1, 0.15) is 5.75 Å². The number of carbonyl (C=O) groups is 2. The summed E-state index contributed by atoms with van der Waals surface area (Å²) >= 11 is 0. The quantitative estimate of drug-likeness (QED) is 0.760. The number of ether oxygens (including phenoxy) is 1.